The second-order valence-corrected chi connectivity index (χ2v) is 4.75. The van der Waals surface area contributed by atoms with Crippen molar-refractivity contribution < 1.29 is 4.79 Å². The van der Waals surface area contributed by atoms with Crippen molar-refractivity contribution in [1.29, 1.82) is 0 Å². The standard InChI is InChI=1S/C12H24NO/c1-10(2)6-8-13(12(5)14)9-7-11(3)4/h10-11H,5-9H2,1-4H3. The molecule has 0 aliphatic carbocycles. The largest absolute Gasteiger partial charge is 0.343 e. The molecule has 2 nitrogen and oxygen atoms in total. The van der Waals surface area contributed by atoms with Crippen LogP contribution in [0.4, 0.5) is 0 Å². The molecular weight excluding hydrogens is 174 g/mol. The lowest BCUT2D eigenvalue weighted by atomic mass is 10.1. The first-order chi connectivity index (χ1) is 6.43. The lowest BCUT2D eigenvalue weighted by molar-refractivity contribution is -0.126. The highest BCUT2D eigenvalue weighted by atomic mass is 16.2. The van der Waals surface area contributed by atoms with E-state index in [9.17, 15) is 4.79 Å². The van der Waals surface area contributed by atoms with E-state index in [2.05, 4.69) is 34.6 Å². The van der Waals surface area contributed by atoms with Crippen molar-refractivity contribution in [3.63, 3.8) is 0 Å². The van der Waals surface area contributed by atoms with Crippen LogP contribution in [0.2, 0.25) is 0 Å². The average Bonchev–Trinajstić information content (AvgIpc) is 2.02. The van der Waals surface area contributed by atoms with Gasteiger partial charge in [0.2, 0.25) is 5.91 Å². The summed E-state index contributed by atoms with van der Waals surface area (Å²) in [6, 6.07) is 0. The summed E-state index contributed by atoms with van der Waals surface area (Å²) in [6.07, 6.45) is 2.14. The summed E-state index contributed by atoms with van der Waals surface area (Å²) >= 11 is 0. The molecule has 0 heterocycles. The van der Waals surface area contributed by atoms with Gasteiger partial charge in [0.05, 0.1) is 0 Å². The number of hydrogen-bond donors (Lipinski definition) is 0. The fourth-order valence-corrected chi connectivity index (χ4v) is 1.19. The summed E-state index contributed by atoms with van der Waals surface area (Å²) in [6.45, 7) is 13.9. The van der Waals surface area contributed by atoms with E-state index < -0.39 is 0 Å². The maximum Gasteiger partial charge on any atom is 0.223 e. The summed E-state index contributed by atoms with van der Waals surface area (Å²) in [7, 11) is 0. The first-order valence-electron chi connectivity index (χ1n) is 5.54. The molecule has 0 bridgehead atoms. The predicted octanol–water partition coefficient (Wildman–Crippen LogP) is 2.74. The van der Waals surface area contributed by atoms with Crippen LogP contribution in [0.3, 0.4) is 0 Å². The second kappa shape index (κ2) is 6.86. The van der Waals surface area contributed by atoms with Crippen LogP contribution in [0.25, 0.3) is 0 Å². The number of hydrogen-bond acceptors (Lipinski definition) is 1. The molecule has 83 valence electrons. The van der Waals surface area contributed by atoms with Gasteiger partial charge in [-0.2, -0.15) is 0 Å². The van der Waals surface area contributed by atoms with Gasteiger partial charge in [0.1, 0.15) is 0 Å². The van der Waals surface area contributed by atoms with Crippen LogP contribution in [-0.4, -0.2) is 23.9 Å². The molecule has 0 rings (SSSR count). The van der Waals surface area contributed by atoms with Crippen LogP contribution in [0, 0.1) is 18.8 Å². The number of rotatable bonds is 6. The summed E-state index contributed by atoms with van der Waals surface area (Å²) in [5.74, 6) is 1.26. The van der Waals surface area contributed by atoms with Crippen LogP contribution in [0.1, 0.15) is 40.5 Å². The minimum absolute atomic E-state index is 0.0358. The van der Waals surface area contributed by atoms with Crippen molar-refractivity contribution in [2.75, 3.05) is 13.1 Å². The Balaban J connectivity index is 3.84. The van der Waals surface area contributed by atoms with E-state index in [1.807, 2.05) is 4.90 Å². The molecule has 0 saturated heterocycles. The normalized spacial score (nSPS) is 11.1. The Hall–Kier alpha value is -0.530. The van der Waals surface area contributed by atoms with Gasteiger partial charge in [0.25, 0.3) is 0 Å². The van der Waals surface area contributed by atoms with Crippen LogP contribution < -0.4 is 0 Å². The monoisotopic (exact) mass is 198 g/mol. The molecule has 0 unspecified atom stereocenters. The summed E-state index contributed by atoms with van der Waals surface area (Å²) in [5.41, 5.74) is 0. The van der Waals surface area contributed by atoms with Crippen molar-refractivity contribution in [1.82, 2.24) is 4.90 Å². The van der Waals surface area contributed by atoms with Crippen LogP contribution >= 0.6 is 0 Å². The first-order valence-corrected chi connectivity index (χ1v) is 5.54. The van der Waals surface area contributed by atoms with Gasteiger partial charge in [0, 0.05) is 20.0 Å². The number of amides is 1. The average molecular weight is 198 g/mol. The van der Waals surface area contributed by atoms with Gasteiger partial charge >= 0.3 is 0 Å². The van der Waals surface area contributed by atoms with Gasteiger partial charge in [-0.05, 0) is 24.7 Å². The molecule has 1 radical (unpaired) electrons. The Bertz CT molecular complexity index is 152. The molecule has 0 saturated carbocycles. The molecule has 0 spiro atoms. The second-order valence-electron chi connectivity index (χ2n) is 4.75. The highest BCUT2D eigenvalue weighted by Gasteiger charge is 2.09. The third kappa shape index (κ3) is 6.93. The fraction of sp³-hybridized carbons (Fsp3) is 0.833. The van der Waals surface area contributed by atoms with Crippen molar-refractivity contribution in [2.45, 2.75) is 40.5 Å². The van der Waals surface area contributed by atoms with E-state index >= 15 is 0 Å². The maximum atomic E-state index is 11.2. The number of nitrogens with zero attached hydrogens (tertiary/aromatic N) is 1. The lowest BCUT2D eigenvalue weighted by Crippen LogP contribution is -2.32. The van der Waals surface area contributed by atoms with E-state index in [1.54, 1.807) is 0 Å². The van der Waals surface area contributed by atoms with Gasteiger partial charge < -0.3 is 4.90 Å². The molecule has 0 aromatic rings. The molecule has 0 aliphatic rings. The third-order valence-corrected chi connectivity index (χ3v) is 2.31. The summed E-state index contributed by atoms with van der Waals surface area (Å²) in [4.78, 5) is 13.0. The van der Waals surface area contributed by atoms with Crippen molar-refractivity contribution in [3.05, 3.63) is 6.92 Å². The van der Waals surface area contributed by atoms with Crippen LogP contribution in [0.5, 0.6) is 0 Å². The molecule has 0 N–H and O–H groups in total. The zero-order chi connectivity index (χ0) is 11.1. The predicted molar refractivity (Wildman–Crippen MR) is 60.8 cm³/mol. The maximum absolute atomic E-state index is 11.2. The zero-order valence-electron chi connectivity index (χ0n) is 10.0. The minimum Gasteiger partial charge on any atom is -0.343 e. The van der Waals surface area contributed by atoms with E-state index in [-0.39, 0.29) is 5.91 Å². The Kier molecular flexibility index (Phi) is 6.60. The SMILES string of the molecule is [CH2]C(=O)N(CCC(C)C)CCC(C)C. The Morgan fingerprint density at radius 1 is 1.07 bits per heavy atom. The lowest BCUT2D eigenvalue weighted by Gasteiger charge is -2.22. The molecule has 0 fully saturated rings. The fourth-order valence-electron chi connectivity index (χ4n) is 1.19. The molecule has 1 amide bonds. The number of carbonyl (C=O) groups excluding carboxylic acids is 1. The smallest absolute Gasteiger partial charge is 0.223 e. The van der Waals surface area contributed by atoms with Gasteiger partial charge in [-0.15, -0.1) is 0 Å². The van der Waals surface area contributed by atoms with E-state index in [1.165, 1.54) is 0 Å². The molecule has 0 aromatic carbocycles. The van der Waals surface area contributed by atoms with Crippen molar-refractivity contribution in [2.24, 2.45) is 11.8 Å². The zero-order valence-corrected chi connectivity index (χ0v) is 10.0. The quantitative estimate of drug-likeness (QED) is 0.642. The number of carbonyl (C=O) groups is 1. The summed E-state index contributed by atoms with van der Waals surface area (Å²) < 4.78 is 0. The Morgan fingerprint density at radius 3 is 1.64 bits per heavy atom. The van der Waals surface area contributed by atoms with Gasteiger partial charge in [-0.1, -0.05) is 27.7 Å². The summed E-state index contributed by atoms with van der Waals surface area (Å²) in [5, 5.41) is 0. The molecular formula is C12H24NO. The van der Waals surface area contributed by atoms with Crippen molar-refractivity contribution in [3.8, 4) is 0 Å². The Morgan fingerprint density at radius 2 is 1.43 bits per heavy atom. The molecule has 0 atom stereocenters. The van der Waals surface area contributed by atoms with Crippen LogP contribution in [-0.2, 0) is 4.79 Å². The topological polar surface area (TPSA) is 20.3 Å². The van der Waals surface area contributed by atoms with Crippen LogP contribution in [0.15, 0.2) is 0 Å². The highest BCUT2D eigenvalue weighted by Crippen LogP contribution is 2.06. The third-order valence-electron chi connectivity index (χ3n) is 2.31. The first kappa shape index (κ1) is 13.5. The van der Waals surface area contributed by atoms with E-state index in [4.69, 9.17) is 0 Å². The minimum atomic E-state index is -0.0358. The van der Waals surface area contributed by atoms with Gasteiger partial charge in [0.15, 0.2) is 0 Å². The highest BCUT2D eigenvalue weighted by molar-refractivity contribution is 5.80. The van der Waals surface area contributed by atoms with E-state index in [0.717, 1.165) is 25.9 Å². The van der Waals surface area contributed by atoms with Gasteiger partial charge in [-0.25, -0.2) is 0 Å². The molecule has 0 aromatic heterocycles. The van der Waals surface area contributed by atoms with Gasteiger partial charge in [-0.3, -0.25) is 4.79 Å². The van der Waals surface area contributed by atoms with E-state index in [0.29, 0.717) is 11.8 Å². The molecule has 0 aliphatic heterocycles. The van der Waals surface area contributed by atoms with Crippen molar-refractivity contribution >= 4 is 5.91 Å². The molecule has 2 heteroatoms. The Labute approximate surface area is 88.7 Å². The molecule has 14 heavy (non-hydrogen) atoms.